The summed E-state index contributed by atoms with van der Waals surface area (Å²) in [7, 11) is 0. The molecule has 1 aliphatic heterocycles. The van der Waals surface area contributed by atoms with Crippen LogP contribution in [-0.2, 0) is 16.0 Å². The minimum absolute atomic E-state index is 0.238. The molecule has 3 N–H and O–H groups in total. The molecule has 21 heavy (non-hydrogen) atoms. The monoisotopic (exact) mass is 290 g/mol. The van der Waals surface area contributed by atoms with E-state index in [1.165, 1.54) is 4.90 Å². The van der Waals surface area contributed by atoms with Gasteiger partial charge in [0.1, 0.15) is 6.04 Å². The largest absolute Gasteiger partial charge is 0.480 e. The van der Waals surface area contributed by atoms with Crippen LogP contribution in [-0.4, -0.2) is 40.5 Å². The Labute approximate surface area is 124 Å². The summed E-state index contributed by atoms with van der Waals surface area (Å²) in [6, 6.07) is 8.50. The molecular formula is C16H22N2O3. The summed E-state index contributed by atoms with van der Waals surface area (Å²) in [5.74, 6) is -1.17. The first kappa shape index (κ1) is 15.5. The highest BCUT2D eigenvalue weighted by Gasteiger charge is 2.33. The topological polar surface area (TPSA) is 83.6 Å². The molecule has 1 aromatic rings. The molecule has 1 amide bonds. The van der Waals surface area contributed by atoms with Gasteiger partial charge in [-0.1, -0.05) is 30.3 Å². The van der Waals surface area contributed by atoms with Crippen LogP contribution in [0.1, 0.15) is 31.2 Å². The molecule has 1 fully saturated rings. The molecule has 0 aromatic heterocycles. The third-order valence-corrected chi connectivity index (χ3v) is 3.97. The van der Waals surface area contributed by atoms with Gasteiger partial charge in [0, 0.05) is 6.54 Å². The molecule has 0 aliphatic carbocycles. The molecule has 1 aliphatic rings. The predicted molar refractivity (Wildman–Crippen MR) is 79.7 cm³/mol. The number of carbonyl (C=O) groups excluding carboxylic acids is 1. The minimum atomic E-state index is -0.932. The quantitative estimate of drug-likeness (QED) is 0.859. The van der Waals surface area contributed by atoms with Crippen molar-refractivity contribution < 1.29 is 14.7 Å². The number of carboxylic acid groups (broad SMARTS) is 1. The van der Waals surface area contributed by atoms with Gasteiger partial charge in [-0.25, -0.2) is 4.79 Å². The summed E-state index contributed by atoms with van der Waals surface area (Å²) >= 11 is 0. The van der Waals surface area contributed by atoms with Gasteiger partial charge in [0.05, 0.1) is 6.04 Å². The van der Waals surface area contributed by atoms with Crippen LogP contribution < -0.4 is 5.73 Å². The van der Waals surface area contributed by atoms with Crippen molar-refractivity contribution in [1.82, 2.24) is 4.90 Å². The van der Waals surface area contributed by atoms with Gasteiger partial charge in [0.25, 0.3) is 0 Å². The molecule has 5 nitrogen and oxygen atoms in total. The third-order valence-electron chi connectivity index (χ3n) is 3.97. The van der Waals surface area contributed by atoms with Crippen molar-refractivity contribution in [3.8, 4) is 0 Å². The van der Waals surface area contributed by atoms with Crippen molar-refractivity contribution in [2.45, 2.75) is 44.2 Å². The molecule has 0 radical (unpaired) electrons. The Bertz CT molecular complexity index is 490. The molecule has 2 rings (SSSR count). The molecule has 114 valence electrons. The van der Waals surface area contributed by atoms with Crippen molar-refractivity contribution in [1.29, 1.82) is 0 Å². The van der Waals surface area contributed by atoms with Gasteiger partial charge in [-0.2, -0.15) is 0 Å². The molecular weight excluding hydrogens is 268 g/mol. The van der Waals surface area contributed by atoms with E-state index in [2.05, 4.69) is 0 Å². The number of amides is 1. The van der Waals surface area contributed by atoms with E-state index in [4.69, 9.17) is 5.73 Å². The lowest BCUT2D eigenvalue weighted by atomic mass is 9.99. The first-order chi connectivity index (χ1) is 10.1. The maximum atomic E-state index is 12.4. The Balaban J connectivity index is 1.93. The molecule has 1 heterocycles. The number of piperidine rings is 1. The minimum Gasteiger partial charge on any atom is -0.480 e. The van der Waals surface area contributed by atoms with Crippen LogP contribution in [0.2, 0.25) is 0 Å². The van der Waals surface area contributed by atoms with Crippen molar-refractivity contribution in [3.63, 3.8) is 0 Å². The van der Waals surface area contributed by atoms with Crippen LogP contribution in [0.15, 0.2) is 30.3 Å². The highest BCUT2D eigenvalue weighted by molar-refractivity contribution is 5.87. The number of carboxylic acids is 1. The maximum absolute atomic E-state index is 12.4. The smallest absolute Gasteiger partial charge is 0.326 e. The number of aryl methyl sites for hydroxylation is 1. The molecule has 1 saturated heterocycles. The van der Waals surface area contributed by atoms with Crippen molar-refractivity contribution in [3.05, 3.63) is 35.9 Å². The summed E-state index contributed by atoms with van der Waals surface area (Å²) in [5, 5.41) is 9.21. The summed E-state index contributed by atoms with van der Waals surface area (Å²) in [6.45, 7) is 0.495. The predicted octanol–water partition coefficient (Wildman–Crippen LogP) is 1.41. The van der Waals surface area contributed by atoms with Crippen molar-refractivity contribution in [2.24, 2.45) is 5.73 Å². The van der Waals surface area contributed by atoms with E-state index in [0.717, 1.165) is 24.8 Å². The molecule has 5 heteroatoms. The Morgan fingerprint density at radius 3 is 2.67 bits per heavy atom. The lowest BCUT2D eigenvalue weighted by molar-refractivity contribution is -0.152. The van der Waals surface area contributed by atoms with Gasteiger partial charge in [0.15, 0.2) is 0 Å². The van der Waals surface area contributed by atoms with Gasteiger partial charge < -0.3 is 15.7 Å². The maximum Gasteiger partial charge on any atom is 0.326 e. The molecule has 2 atom stereocenters. The van der Waals surface area contributed by atoms with E-state index < -0.39 is 18.1 Å². The number of hydrogen-bond acceptors (Lipinski definition) is 3. The highest BCUT2D eigenvalue weighted by Crippen LogP contribution is 2.19. The van der Waals surface area contributed by atoms with Gasteiger partial charge in [0.2, 0.25) is 5.91 Å². The number of nitrogens with zero attached hydrogens (tertiary/aromatic N) is 1. The molecule has 0 saturated carbocycles. The molecule has 0 bridgehead atoms. The first-order valence-corrected chi connectivity index (χ1v) is 7.42. The zero-order chi connectivity index (χ0) is 15.2. The van der Waals surface area contributed by atoms with E-state index in [1.54, 1.807) is 0 Å². The molecule has 1 aromatic carbocycles. The lowest BCUT2D eigenvalue weighted by Gasteiger charge is -2.34. The first-order valence-electron chi connectivity index (χ1n) is 7.42. The second-order valence-electron chi connectivity index (χ2n) is 5.51. The number of nitrogens with two attached hydrogens (primary N) is 1. The average Bonchev–Trinajstić information content (AvgIpc) is 2.52. The summed E-state index contributed by atoms with van der Waals surface area (Å²) < 4.78 is 0. The van der Waals surface area contributed by atoms with Gasteiger partial charge in [-0.15, -0.1) is 0 Å². The van der Waals surface area contributed by atoms with Crippen molar-refractivity contribution in [2.75, 3.05) is 6.54 Å². The standard InChI is InChI=1S/C16H22N2O3/c17-13(10-9-12-6-2-1-3-7-12)15(19)18-11-5-4-8-14(18)16(20)21/h1-3,6-7,13-14H,4-5,8-11,17H2,(H,20,21)/t13-,14+/m0/s1. The SMILES string of the molecule is N[C@@H](CCc1ccccc1)C(=O)N1CCCC[C@@H]1C(=O)O. The summed E-state index contributed by atoms with van der Waals surface area (Å²) in [5.41, 5.74) is 7.11. The van der Waals surface area contributed by atoms with E-state index in [1.807, 2.05) is 30.3 Å². The summed E-state index contributed by atoms with van der Waals surface area (Å²) in [4.78, 5) is 25.1. The van der Waals surface area contributed by atoms with Gasteiger partial charge in [-0.05, 0) is 37.7 Å². The Kier molecular flexibility index (Phi) is 5.33. The van der Waals surface area contributed by atoms with Gasteiger partial charge >= 0.3 is 5.97 Å². The molecule has 0 spiro atoms. The number of benzene rings is 1. The zero-order valence-corrected chi connectivity index (χ0v) is 12.1. The number of hydrogen-bond donors (Lipinski definition) is 2. The van der Waals surface area contributed by atoms with Crippen LogP contribution in [0.25, 0.3) is 0 Å². The molecule has 0 unspecified atom stereocenters. The Hall–Kier alpha value is -1.88. The van der Waals surface area contributed by atoms with Crippen molar-refractivity contribution >= 4 is 11.9 Å². The fourth-order valence-electron chi connectivity index (χ4n) is 2.76. The zero-order valence-electron chi connectivity index (χ0n) is 12.1. The second kappa shape index (κ2) is 7.22. The number of rotatable bonds is 5. The van der Waals surface area contributed by atoms with E-state index in [9.17, 15) is 14.7 Å². The average molecular weight is 290 g/mol. The summed E-state index contributed by atoms with van der Waals surface area (Å²) in [6.07, 6.45) is 3.47. The second-order valence-corrected chi connectivity index (χ2v) is 5.51. The number of likely N-dealkylation sites (tertiary alicyclic amines) is 1. The van der Waals surface area contributed by atoms with E-state index in [-0.39, 0.29) is 5.91 Å². The normalized spacial score (nSPS) is 20.0. The van der Waals surface area contributed by atoms with Crippen LogP contribution in [0.4, 0.5) is 0 Å². The third kappa shape index (κ3) is 4.04. The van der Waals surface area contributed by atoms with Crippen LogP contribution in [0.3, 0.4) is 0 Å². The number of aliphatic carboxylic acids is 1. The van der Waals surface area contributed by atoms with E-state index >= 15 is 0 Å². The highest BCUT2D eigenvalue weighted by atomic mass is 16.4. The Morgan fingerprint density at radius 1 is 1.29 bits per heavy atom. The fraction of sp³-hybridized carbons (Fsp3) is 0.500. The van der Waals surface area contributed by atoms with Gasteiger partial charge in [-0.3, -0.25) is 4.79 Å². The van der Waals surface area contributed by atoms with Crippen LogP contribution in [0.5, 0.6) is 0 Å². The fourth-order valence-corrected chi connectivity index (χ4v) is 2.76. The lowest BCUT2D eigenvalue weighted by Crippen LogP contribution is -2.53. The van der Waals surface area contributed by atoms with Crippen LogP contribution in [0, 0.1) is 0 Å². The number of carbonyl (C=O) groups is 2. The van der Waals surface area contributed by atoms with Crippen LogP contribution >= 0.6 is 0 Å². The van der Waals surface area contributed by atoms with E-state index in [0.29, 0.717) is 19.4 Å². The Morgan fingerprint density at radius 2 is 2.00 bits per heavy atom.